The van der Waals surface area contributed by atoms with Gasteiger partial charge in [0.1, 0.15) is 17.1 Å². The van der Waals surface area contributed by atoms with Gasteiger partial charge in [0.25, 0.3) is 0 Å². The fourth-order valence-electron chi connectivity index (χ4n) is 1.83. The smallest absolute Gasteiger partial charge is 0.338 e. The topological polar surface area (TPSA) is 86.2 Å². The molecule has 1 aliphatic carbocycles. The van der Waals surface area contributed by atoms with E-state index in [1.807, 2.05) is 0 Å². The van der Waals surface area contributed by atoms with Crippen molar-refractivity contribution in [1.29, 1.82) is 0 Å². The predicted octanol–water partition coefficient (Wildman–Crippen LogP) is 1.84. The molecule has 1 saturated carbocycles. The number of carbonyl (C=O) groups is 1. The van der Waals surface area contributed by atoms with Crippen molar-refractivity contribution in [3.05, 3.63) is 23.5 Å². The second kappa shape index (κ2) is 2.98. The van der Waals surface area contributed by atoms with Crippen LogP contribution < -0.4 is 0 Å². The number of benzene rings is 1. The number of rotatable bonds is 2. The summed E-state index contributed by atoms with van der Waals surface area (Å²) in [6.07, 6.45) is 2.18. The average Bonchev–Trinajstić information content (AvgIpc) is 2.98. The van der Waals surface area contributed by atoms with E-state index in [-0.39, 0.29) is 11.3 Å². The molecule has 0 atom stereocenters. The van der Waals surface area contributed by atoms with Crippen LogP contribution in [0, 0.1) is 0 Å². The van der Waals surface area contributed by atoms with Crippen molar-refractivity contribution < 1.29 is 15.0 Å². The number of carboxylic acids is 1. The van der Waals surface area contributed by atoms with Gasteiger partial charge in [-0.15, -0.1) is 0 Å². The zero-order valence-corrected chi connectivity index (χ0v) is 8.40. The van der Waals surface area contributed by atoms with E-state index in [4.69, 9.17) is 5.11 Å². The van der Waals surface area contributed by atoms with Gasteiger partial charge < -0.3 is 15.2 Å². The zero-order valence-electron chi connectivity index (χ0n) is 8.40. The average molecular weight is 218 g/mol. The van der Waals surface area contributed by atoms with Gasteiger partial charge in [0.05, 0.1) is 11.1 Å². The molecular formula is C11H10N2O3. The van der Waals surface area contributed by atoms with Gasteiger partial charge in [-0.05, 0) is 18.9 Å². The quantitative estimate of drug-likeness (QED) is 0.717. The molecule has 3 rings (SSSR count). The van der Waals surface area contributed by atoms with Crippen LogP contribution in [-0.4, -0.2) is 26.2 Å². The van der Waals surface area contributed by atoms with Crippen LogP contribution in [0.5, 0.6) is 5.75 Å². The predicted molar refractivity (Wildman–Crippen MR) is 56.7 cm³/mol. The molecule has 0 amide bonds. The van der Waals surface area contributed by atoms with E-state index in [9.17, 15) is 9.90 Å². The van der Waals surface area contributed by atoms with Crippen molar-refractivity contribution in [3.63, 3.8) is 0 Å². The number of aromatic amines is 1. The molecule has 1 heterocycles. The van der Waals surface area contributed by atoms with E-state index in [1.54, 1.807) is 0 Å². The van der Waals surface area contributed by atoms with E-state index in [2.05, 4.69) is 9.97 Å². The number of phenols is 1. The normalized spacial score (nSPS) is 15.5. The van der Waals surface area contributed by atoms with Gasteiger partial charge in [-0.1, -0.05) is 0 Å². The molecular weight excluding hydrogens is 208 g/mol. The maximum Gasteiger partial charge on any atom is 0.338 e. The minimum atomic E-state index is -1.07. The van der Waals surface area contributed by atoms with Crippen molar-refractivity contribution in [2.75, 3.05) is 0 Å². The Bertz CT molecular complexity index is 584. The van der Waals surface area contributed by atoms with Crippen molar-refractivity contribution in [2.24, 2.45) is 0 Å². The molecule has 0 radical (unpaired) electrons. The third kappa shape index (κ3) is 1.32. The summed E-state index contributed by atoms with van der Waals surface area (Å²) in [5.41, 5.74) is 1.05. The van der Waals surface area contributed by atoms with Gasteiger partial charge in [-0.3, -0.25) is 0 Å². The summed E-state index contributed by atoms with van der Waals surface area (Å²) in [5.74, 6) is 0.116. The van der Waals surface area contributed by atoms with Gasteiger partial charge >= 0.3 is 5.97 Å². The number of imidazole rings is 1. The van der Waals surface area contributed by atoms with Crippen LogP contribution in [0.25, 0.3) is 11.0 Å². The second-order valence-electron chi connectivity index (χ2n) is 4.09. The summed E-state index contributed by atoms with van der Waals surface area (Å²) in [5, 5.41) is 18.4. The lowest BCUT2D eigenvalue weighted by Crippen LogP contribution is -1.97. The number of phenolic OH excluding ortho intramolecular Hbond substituents is 1. The van der Waals surface area contributed by atoms with E-state index in [0.717, 1.165) is 18.7 Å². The fraction of sp³-hybridized carbons (Fsp3) is 0.273. The molecule has 82 valence electrons. The van der Waals surface area contributed by atoms with Crippen LogP contribution in [0.2, 0.25) is 0 Å². The first-order chi connectivity index (χ1) is 7.65. The van der Waals surface area contributed by atoms with Gasteiger partial charge in [-0.25, -0.2) is 9.78 Å². The molecule has 1 fully saturated rings. The Morgan fingerprint density at radius 1 is 1.44 bits per heavy atom. The van der Waals surface area contributed by atoms with Crippen LogP contribution in [-0.2, 0) is 0 Å². The third-order valence-corrected chi connectivity index (χ3v) is 2.78. The fourth-order valence-corrected chi connectivity index (χ4v) is 1.83. The Kier molecular flexibility index (Phi) is 1.71. The van der Waals surface area contributed by atoms with Crippen LogP contribution in [0.1, 0.15) is 34.9 Å². The van der Waals surface area contributed by atoms with Crippen LogP contribution in [0.4, 0.5) is 0 Å². The lowest BCUT2D eigenvalue weighted by molar-refractivity contribution is 0.0698. The molecule has 16 heavy (non-hydrogen) atoms. The number of hydrogen-bond acceptors (Lipinski definition) is 3. The zero-order chi connectivity index (χ0) is 11.3. The molecule has 0 bridgehead atoms. The van der Waals surface area contributed by atoms with Crippen molar-refractivity contribution in [2.45, 2.75) is 18.8 Å². The summed E-state index contributed by atoms with van der Waals surface area (Å²) >= 11 is 0. The first-order valence-electron chi connectivity index (χ1n) is 5.11. The Hall–Kier alpha value is -2.04. The first kappa shape index (κ1) is 9.21. The number of carboxylic acid groups (broad SMARTS) is 1. The van der Waals surface area contributed by atoms with Crippen molar-refractivity contribution in [3.8, 4) is 5.75 Å². The number of fused-ring (bicyclic) bond motifs is 1. The molecule has 2 aromatic rings. The first-order valence-corrected chi connectivity index (χ1v) is 5.11. The van der Waals surface area contributed by atoms with E-state index in [0.29, 0.717) is 17.0 Å². The highest BCUT2D eigenvalue weighted by Gasteiger charge is 2.27. The maximum atomic E-state index is 11.0. The minimum Gasteiger partial charge on any atom is -0.508 e. The van der Waals surface area contributed by atoms with Crippen molar-refractivity contribution >= 4 is 17.0 Å². The van der Waals surface area contributed by atoms with Gasteiger partial charge in [0.15, 0.2) is 0 Å². The summed E-state index contributed by atoms with van der Waals surface area (Å²) in [6, 6.07) is 2.73. The Morgan fingerprint density at radius 2 is 2.19 bits per heavy atom. The maximum absolute atomic E-state index is 11.0. The lowest BCUT2D eigenvalue weighted by atomic mass is 10.2. The molecule has 0 unspecified atom stereocenters. The number of H-pyrrole nitrogens is 1. The molecule has 0 aliphatic heterocycles. The van der Waals surface area contributed by atoms with E-state index >= 15 is 0 Å². The van der Waals surface area contributed by atoms with Gasteiger partial charge in [0.2, 0.25) is 0 Å². The van der Waals surface area contributed by atoms with Crippen molar-refractivity contribution in [1.82, 2.24) is 9.97 Å². The van der Waals surface area contributed by atoms with Crippen LogP contribution >= 0.6 is 0 Å². The highest BCUT2D eigenvalue weighted by molar-refractivity contribution is 6.01. The largest absolute Gasteiger partial charge is 0.508 e. The molecule has 1 aliphatic rings. The molecule has 5 nitrogen and oxygen atoms in total. The second-order valence-corrected chi connectivity index (χ2v) is 4.09. The SMILES string of the molecule is O=C(O)c1cc(O)cc2[nH]c(C3CC3)nc12. The summed E-state index contributed by atoms with van der Waals surface area (Å²) in [4.78, 5) is 18.3. The molecule has 1 aromatic carbocycles. The standard InChI is InChI=1S/C11H10N2O3/c14-6-3-7(11(15)16)9-8(4-6)12-10(13-9)5-1-2-5/h3-5,14H,1-2H2,(H,12,13)(H,15,16). The monoisotopic (exact) mass is 218 g/mol. The number of nitrogens with zero attached hydrogens (tertiary/aromatic N) is 1. The van der Waals surface area contributed by atoms with E-state index < -0.39 is 5.97 Å². The van der Waals surface area contributed by atoms with Crippen LogP contribution in [0.3, 0.4) is 0 Å². The molecule has 5 heteroatoms. The number of aromatic hydroxyl groups is 1. The van der Waals surface area contributed by atoms with Gasteiger partial charge in [0, 0.05) is 12.0 Å². The lowest BCUT2D eigenvalue weighted by Gasteiger charge is -1.97. The summed E-state index contributed by atoms with van der Waals surface area (Å²) in [6.45, 7) is 0. The Balaban J connectivity index is 2.27. The summed E-state index contributed by atoms with van der Waals surface area (Å²) < 4.78 is 0. The minimum absolute atomic E-state index is 0.0400. The Labute approximate surface area is 90.7 Å². The van der Waals surface area contributed by atoms with E-state index in [1.165, 1.54) is 12.1 Å². The molecule has 3 N–H and O–H groups in total. The highest BCUT2D eigenvalue weighted by atomic mass is 16.4. The molecule has 0 spiro atoms. The number of aromatic nitrogens is 2. The third-order valence-electron chi connectivity index (χ3n) is 2.78. The molecule has 0 saturated heterocycles. The number of aromatic carboxylic acids is 1. The van der Waals surface area contributed by atoms with Gasteiger partial charge in [-0.2, -0.15) is 0 Å². The van der Waals surface area contributed by atoms with Crippen LogP contribution in [0.15, 0.2) is 12.1 Å². The Morgan fingerprint density at radius 3 is 2.81 bits per heavy atom. The molecule has 1 aromatic heterocycles. The highest BCUT2D eigenvalue weighted by Crippen LogP contribution is 2.39. The summed E-state index contributed by atoms with van der Waals surface area (Å²) in [7, 11) is 0. The number of nitrogens with one attached hydrogen (secondary N) is 1. The number of hydrogen-bond donors (Lipinski definition) is 3.